The van der Waals surface area contributed by atoms with E-state index in [1.165, 1.54) is 0 Å². The highest BCUT2D eigenvalue weighted by molar-refractivity contribution is 9.10. The third-order valence-corrected chi connectivity index (χ3v) is 5.91. The second-order valence-corrected chi connectivity index (χ2v) is 8.03. The van der Waals surface area contributed by atoms with Gasteiger partial charge in [0, 0.05) is 19.1 Å². The molecule has 150 valence electrons. The molecule has 0 amide bonds. The Hall–Kier alpha value is -2.72. The Morgan fingerprint density at radius 3 is 2.79 bits per heavy atom. The number of nitrogens with one attached hydrogen (secondary N) is 3. The molecule has 1 aliphatic rings. The van der Waals surface area contributed by atoms with Gasteiger partial charge in [-0.25, -0.2) is 4.98 Å². The second kappa shape index (κ2) is 7.60. The highest BCUT2D eigenvalue weighted by Gasteiger charge is 2.22. The quantitative estimate of drug-likeness (QED) is 0.425. The average molecular weight is 456 g/mol. The lowest BCUT2D eigenvalue weighted by Gasteiger charge is -2.31. The molecule has 0 bridgehead atoms. The number of rotatable bonds is 5. The number of nitrogens with zero attached hydrogens (tertiary/aromatic N) is 6. The van der Waals surface area contributed by atoms with Crippen LogP contribution in [0.15, 0.2) is 34.9 Å². The molecule has 5 rings (SSSR count). The van der Waals surface area contributed by atoms with E-state index in [2.05, 4.69) is 46.5 Å². The third-order valence-electron chi connectivity index (χ3n) is 5.35. The molecule has 0 unspecified atom stereocenters. The normalized spacial score (nSPS) is 15.4. The Labute approximate surface area is 176 Å². The van der Waals surface area contributed by atoms with Crippen LogP contribution in [0, 0.1) is 0 Å². The number of hydrogen-bond donors (Lipinski definition) is 3. The smallest absolute Gasteiger partial charge is 0.230 e. The Kier molecular flexibility index (Phi) is 4.80. The first kappa shape index (κ1) is 18.3. The lowest BCUT2D eigenvalue weighted by molar-refractivity contribution is 0.439. The monoisotopic (exact) mass is 455 g/mol. The van der Waals surface area contributed by atoms with Crippen molar-refractivity contribution in [1.29, 1.82) is 0 Å². The maximum absolute atomic E-state index is 4.78. The number of hydrogen-bond acceptors (Lipinski definition) is 7. The van der Waals surface area contributed by atoms with Crippen LogP contribution in [0.25, 0.3) is 16.7 Å². The molecule has 0 radical (unpaired) electrons. The van der Waals surface area contributed by atoms with Crippen LogP contribution in [-0.4, -0.2) is 55.7 Å². The van der Waals surface area contributed by atoms with Gasteiger partial charge in [-0.2, -0.15) is 19.6 Å². The average Bonchev–Trinajstić information content (AvgIpc) is 3.35. The molecular formula is C19H22BrN9. The fourth-order valence-electron chi connectivity index (χ4n) is 3.72. The summed E-state index contributed by atoms with van der Waals surface area (Å²) in [7, 11) is 2.02. The van der Waals surface area contributed by atoms with Gasteiger partial charge in [0.15, 0.2) is 5.65 Å². The van der Waals surface area contributed by atoms with Gasteiger partial charge in [-0.15, -0.1) is 0 Å². The maximum Gasteiger partial charge on any atom is 0.230 e. The van der Waals surface area contributed by atoms with Crippen LogP contribution in [0.3, 0.4) is 0 Å². The van der Waals surface area contributed by atoms with Gasteiger partial charge >= 0.3 is 0 Å². The van der Waals surface area contributed by atoms with Gasteiger partial charge in [0.1, 0.15) is 5.82 Å². The molecule has 10 heteroatoms. The van der Waals surface area contributed by atoms with Crippen molar-refractivity contribution in [1.82, 2.24) is 34.9 Å². The summed E-state index contributed by atoms with van der Waals surface area (Å²) in [6.07, 6.45) is 3.90. The molecular weight excluding hydrogens is 434 g/mol. The molecule has 4 aromatic rings. The minimum absolute atomic E-state index is 0.513. The van der Waals surface area contributed by atoms with E-state index in [1.807, 2.05) is 31.3 Å². The Morgan fingerprint density at radius 2 is 2.00 bits per heavy atom. The van der Waals surface area contributed by atoms with Crippen molar-refractivity contribution in [3.05, 3.63) is 40.8 Å². The molecule has 4 heterocycles. The first-order valence-corrected chi connectivity index (χ1v) is 10.5. The third kappa shape index (κ3) is 3.53. The second-order valence-electron chi connectivity index (χ2n) is 7.18. The highest BCUT2D eigenvalue weighted by Crippen LogP contribution is 2.24. The molecule has 0 aliphatic carbocycles. The lowest BCUT2D eigenvalue weighted by Crippen LogP contribution is -2.42. The van der Waals surface area contributed by atoms with Gasteiger partial charge in [0.05, 0.1) is 28.2 Å². The number of aromatic amines is 1. The number of fused-ring (bicyclic) bond motifs is 2. The summed E-state index contributed by atoms with van der Waals surface area (Å²) in [6, 6.07) is 8.56. The molecule has 0 spiro atoms. The summed E-state index contributed by atoms with van der Waals surface area (Å²) in [5, 5.41) is 11.1. The van der Waals surface area contributed by atoms with Crippen molar-refractivity contribution in [3.63, 3.8) is 0 Å². The zero-order valence-corrected chi connectivity index (χ0v) is 17.6. The summed E-state index contributed by atoms with van der Waals surface area (Å²) in [4.78, 5) is 19.7. The first-order chi connectivity index (χ1) is 14.2. The summed E-state index contributed by atoms with van der Waals surface area (Å²) < 4.78 is 2.56. The molecule has 1 fully saturated rings. The van der Waals surface area contributed by atoms with Crippen molar-refractivity contribution < 1.29 is 0 Å². The minimum atomic E-state index is 0.513. The SMILES string of the molecule is CNC1CCN(c2nc(NCc3nc4ccccc4[nH]3)n3ncc(Br)c3n2)CC1. The molecule has 1 aliphatic heterocycles. The number of halogens is 1. The van der Waals surface area contributed by atoms with Crippen molar-refractivity contribution in [2.24, 2.45) is 0 Å². The topological polar surface area (TPSA) is 99.1 Å². The number of aromatic nitrogens is 6. The van der Waals surface area contributed by atoms with Crippen molar-refractivity contribution in [2.75, 3.05) is 30.4 Å². The van der Waals surface area contributed by atoms with E-state index in [0.717, 1.165) is 58.9 Å². The molecule has 0 saturated carbocycles. The minimum Gasteiger partial charge on any atom is -0.347 e. The summed E-state index contributed by atoms with van der Waals surface area (Å²) in [5.74, 6) is 2.22. The number of para-hydroxylation sites is 2. The van der Waals surface area contributed by atoms with Gasteiger partial charge in [0.2, 0.25) is 11.9 Å². The predicted molar refractivity (Wildman–Crippen MR) is 116 cm³/mol. The Bertz CT molecular complexity index is 1110. The van der Waals surface area contributed by atoms with E-state index < -0.39 is 0 Å². The van der Waals surface area contributed by atoms with Gasteiger partial charge < -0.3 is 20.5 Å². The van der Waals surface area contributed by atoms with Crippen LogP contribution in [0.1, 0.15) is 18.7 Å². The zero-order valence-electron chi connectivity index (χ0n) is 16.1. The molecule has 1 aromatic carbocycles. The van der Waals surface area contributed by atoms with Crippen LogP contribution < -0.4 is 15.5 Å². The molecule has 1 saturated heterocycles. The van der Waals surface area contributed by atoms with Crippen LogP contribution in [0.2, 0.25) is 0 Å². The largest absolute Gasteiger partial charge is 0.347 e. The van der Waals surface area contributed by atoms with E-state index in [-0.39, 0.29) is 0 Å². The van der Waals surface area contributed by atoms with E-state index in [9.17, 15) is 0 Å². The van der Waals surface area contributed by atoms with Gasteiger partial charge in [-0.1, -0.05) is 12.1 Å². The van der Waals surface area contributed by atoms with Gasteiger partial charge in [-0.05, 0) is 48.0 Å². The molecule has 9 nitrogen and oxygen atoms in total. The van der Waals surface area contributed by atoms with E-state index >= 15 is 0 Å². The van der Waals surface area contributed by atoms with Crippen molar-refractivity contribution in [2.45, 2.75) is 25.4 Å². The number of imidazole rings is 1. The van der Waals surface area contributed by atoms with Crippen molar-refractivity contribution >= 4 is 44.5 Å². The van der Waals surface area contributed by atoms with Crippen LogP contribution in [0.4, 0.5) is 11.9 Å². The van der Waals surface area contributed by atoms with Crippen LogP contribution in [-0.2, 0) is 6.54 Å². The molecule has 29 heavy (non-hydrogen) atoms. The van der Waals surface area contributed by atoms with E-state index in [4.69, 9.17) is 9.97 Å². The fourth-order valence-corrected chi connectivity index (χ4v) is 4.06. The number of H-pyrrole nitrogens is 1. The number of anilines is 2. The van der Waals surface area contributed by atoms with Crippen LogP contribution >= 0.6 is 15.9 Å². The lowest BCUT2D eigenvalue weighted by atomic mass is 10.1. The first-order valence-electron chi connectivity index (χ1n) is 9.72. The molecule has 3 N–H and O–H groups in total. The Morgan fingerprint density at radius 1 is 1.17 bits per heavy atom. The number of benzene rings is 1. The zero-order chi connectivity index (χ0) is 19.8. The summed E-state index contributed by atoms with van der Waals surface area (Å²) in [5.41, 5.74) is 2.72. The van der Waals surface area contributed by atoms with Gasteiger partial charge in [-0.3, -0.25) is 0 Å². The highest BCUT2D eigenvalue weighted by atomic mass is 79.9. The Balaban J connectivity index is 1.43. The summed E-state index contributed by atoms with van der Waals surface area (Å²) >= 11 is 3.55. The predicted octanol–water partition coefficient (Wildman–Crippen LogP) is 2.56. The van der Waals surface area contributed by atoms with Crippen molar-refractivity contribution in [3.8, 4) is 0 Å². The maximum atomic E-state index is 4.78. The molecule has 3 aromatic heterocycles. The summed E-state index contributed by atoms with van der Waals surface area (Å²) in [6.45, 7) is 2.37. The van der Waals surface area contributed by atoms with E-state index in [0.29, 0.717) is 18.5 Å². The fraction of sp³-hybridized carbons (Fsp3) is 0.368. The van der Waals surface area contributed by atoms with Gasteiger partial charge in [0.25, 0.3) is 0 Å². The number of piperidine rings is 1. The standard InChI is InChI=1S/C19H22BrN9/c1-21-12-6-8-28(9-7-12)19-26-17-13(20)10-23-29(17)18(27-19)22-11-16-24-14-4-2-3-5-15(14)25-16/h2-5,10,12,21H,6-9,11H2,1H3,(H,24,25)(H,22,26,27). The van der Waals surface area contributed by atoms with E-state index in [1.54, 1.807) is 10.7 Å². The van der Waals surface area contributed by atoms with Crippen LogP contribution in [0.5, 0.6) is 0 Å². The molecule has 0 atom stereocenters.